The van der Waals surface area contributed by atoms with Crippen LogP contribution >= 0.6 is 11.6 Å². The van der Waals surface area contributed by atoms with Crippen molar-refractivity contribution in [2.75, 3.05) is 18.0 Å². The molecule has 0 spiro atoms. The fourth-order valence-electron chi connectivity index (χ4n) is 5.87. The first-order valence-electron chi connectivity index (χ1n) is 15.8. The number of hydrogen-bond donors (Lipinski definition) is 1. The topological polar surface area (TPSA) is 96.0 Å². The van der Waals surface area contributed by atoms with Gasteiger partial charge in [-0.15, -0.1) is 0 Å². The average Bonchev–Trinajstić information content (AvgIpc) is 3.59. The van der Waals surface area contributed by atoms with Gasteiger partial charge in [-0.3, -0.25) is 13.9 Å². The minimum atomic E-state index is -4.20. The van der Waals surface area contributed by atoms with Crippen LogP contribution in [0.15, 0.2) is 108 Å². The second-order valence-corrected chi connectivity index (χ2v) is 14.2. The molecule has 0 bridgehead atoms. The number of methoxy groups -OCH3 is 1. The van der Waals surface area contributed by atoms with Crippen molar-refractivity contribution < 1.29 is 22.7 Å². The molecule has 47 heavy (non-hydrogen) atoms. The molecule has 1 aliphatic carbocycles. The van der Waals surface area contributed by atoms with Gasteiger partial charge in [-0.25, -0.2) is 8.42 Å². The summed E-state index contributed by atoms with van der Waals surface area (Å²) in [6.45, 7) is 1.39. The summed E-state index contributed by atoms with van der Waals surface area (Å²) in [7, 11) is -2.67. The Hall–Kier alpha value is -4.34. The summed E-state index contributed by atoms with van der Waals surface area (Å²) in [5.41, 5.74) is 2.79. The lowest BCUT2D eigenvalue weighted by atomic mass is 10.0. The molecule has 0 aromatic heterocycles. The van der Waals surface area contributed by atoms with Crippen LogP contribution in [0, 0.1) is 6.92 Å². The molecule has 0 radical (unpaired) electrons. The van der Waals surface area contributed by atoms with E-state index in [2.05, 4.69) is 5.32 Å². The smallest absolute Gasteiger partial charge is 0.264 e. The van der Waals surface area contributed by atoms with E-state index in [0.717, 1.165) is 46.7 Å². The van der Waals surface area contributed by atoms with Crippen LogP contribution in [0.4, 0.5) is 5.69 Å². The second kappa shape index (κ2) is 15.5. The largest absolute Gasteiger partial charge is 0.497 e. The molecule has 1 N–H and O–H groups in total. The number of aryl methyl sites for hydroxylation is 1. The highest BCUT2D eigenvalue weighted by atomic mass is 35.5. The predicted octanol–water partition coefficient (Wildman–Crippen LogP) is 6.55. The molecule has 8 nitrogen and oxygen atoms in total. The zero-order valence-electron chi connectivity index (χ0n) is 26.6. The third-order valence-electron chi connectivity index (χ3n) is 8.46. The molecular formula is C37H40ClN3O5S. The van der Waals surface area contributed by atoms with E-state index in [1.54, 1.807) is 54.6 Å². The van der Waals surface area contributed by atoms with Crippen LogP contribution in [-0.4, -0.2) is 50.9 Å². The van der Waals surface area contributed by atoms with E-state index in [9.17, 15) is 18.0 Å². The number of sulfonamides is 1. The quantitative estimate of drug-likeness (QED) is 0.174. The van der Waals surface area contributed by atoms with Crippen LogP contribution in [-0.2, 0) is 32.6 Å². The number of nitrogens with zero attached hydrogens (tertiary/aromatic N) is 2. The number of ether oxygens (including phenoxy) is 1. The lowest BCUT2D eigenvalue weighted by Gasteiger charge is -2.34. The van der Waals surface area contributed by atoms with Crippen molar-refractivity contribution in [1.29, 1.82) is 0 Å². The molecule has 0 saturated heterocycles. The van der Waals surface area contributed by atoms with E-state index < -0.39 is 28.5 Å². The Kier molecular flexibility index (Phi) is 11.2. The zero-order chi connectivity index (χ0) is 33.4. The van der Waals surface area contributed by atoms with Crippen molar-refractivity contribution in [1.82, 2.24) is 10.2 Å². The molecule has 1 aliphatic rings. The summed E-state index contributed by atoms with van der Waals surface area (Å²) >= 11 is 6.34. The number of carbonyl (C=O) groups excluding carboxylic acids is 2. The van der Waals surface area contributed by atoms with E-state index in [1.165, 1.54) is 24.1 Å². The summed E-state index contributed by atoms with van der Waals surface area (Å²) in [6.07, 6.45) is 4.08. The summed E-state index contributed by atoms with van der Waals surface area (Å²) in [5.74, 6) is -0.255. The van der Waals surface area contributed by atoms with Gasteiger partial charge < -0.3 is 15.0 Å². The number of anilines is 1. The molecule has 0 aliphatic heterocycles. The second-order valence-electron chi connectivity index (χ2n) is 11.9. The van der Waals surface area contributed by atoms with E-state index >= 15 is 0 Å². The summed E-state index contributed by atoms with van der Waals surface area (Å²) in [5, 5.41) is 3.68. The molecule has 1 saturated carbocycles. The van der Waals surface area contributed by atoms with Gasteiger partial charge >= 0.3 is 0 Å². The van der Waals surface area contributed by atoms with E-state index in [4.69, 9.17) is 16.3 Å². The van der Waals surface area contributed by atoms with Gasteiger partial charge in [0.1, 0.15) is 18.3 Å². The van der Waals surface area contributed by atoms with Gasteiger partial charge in [0.15, 0.2) is 0 Å². The van der Waals surface area contributed by atoms with Gasteiger partial charge in [0.05, 0.1) is 17.7 Å². The van der Waals surface area contributed by atoms with Crippen molar-refractivity contribution in [3.63, 3.8) is 0 Å². The third kappa shape index (κ3) is 8.73. The van der Waals surface area contributed by atoms with E-state index in [-0.39, 0.29) is 35.5 Å². The van der Waals surface area contributed by atoms with Gasteiger partial charge in [0, 0.05) is 24.0 Å². The van der Waals surface area contributed by atoms with Gasteiger partial charge in [0.25, 0.3) is 10.0 Å². The number of hydrogen-bond acceptors (Lipinski definition) is 5. The highest BCUT2D eigenvalue weighted by Gasteiger charge is 2.35. The molecular weight excluding hydrogens is 634 g/mol. The maximum Gasteiger partial charge on any atom is 0.264 e. The fraction of sp³-hybridized carbons (Fsp3) is 0.297. The maximum absolute atomic E-state index is 14.6. The Bertz CT molecular complexity index is 1760. The van der Waals surface area contributed by atoms with E-state index in [0.29, 0.717) is 10.8 Å². The number of carbonyl (C=O) groups is 2. The molecule has 2 amide bonds. The highest BCUT2D eigenvalue weighted by Crippen LogP contribution is 2.28. The molecule has 10 heteroatoms. The van der Waals surface area contributed by atoms with Crippen LogP contribution in [0.2, 0.25) is 5.02 Å². The maximum atomic E-state index is 14.6. The SMILES string of the molecule is COc1ccc(N(CC(=O)N(Cc2cccc(Cl)c2)[C@H](Cc2ccccc2)C(=O)NC2CCCC2)S(=O)(=O)c2ccc(C)cc2)cc1. The lowest BCUT2D eigenvalue weighted by molar-refractivity contribution is -0.140. The Labute approximate surface area is 282 Å². The third-order valence-corrected chi connectivity index (χ3v) is 10.5. The van der Waals surface area contributed by atoms with Crippen molar-refractivity contribution in [3.05, 3.63) is 125 Å². The highest BCUT2D eigenvalue weighted by molar-refractivity contribution is 7.92. The first kappa shape index (κ1) is 34.0. The molecule has 1 fully saturated rings. The summed E-state index contributed by atoms with van der Waals surface area (Å²) in [4.78, 5) is 30.3. The zero-order valence-corrected chi connectivity index (χ0v) is 28.2. The van der Waals surface area contributed by atoms with Crippen molar-refractivity contribution in [2.24, 2.45) is 0 Å². The van der Waals surface area contributed by atoms with Crippen LogP contribution in [0.1, 0.15) is 42.4 Å². The first-order chi connectivity index (χ1) is 22.6. The normalized spacial score (nSPS) is 13.9. The minimum absolute atomic E-state index is 0.0293. The number of benzene rings is 4. The Morgan fingerprint density at radius 1 is 0.894 bits per heavy atom. The van der Waals surface area contributed by atoms with Gasteiger partial charge in [0.2, 0.25) is 11.8 Å². The summed E-state index contributed by atoms with van der Waals surface area (Å²) in [6, 6.07) is 28.8. The molecule has 1 atom stereocenters. The standard InChI is InChI=1S/C37H40ClN3O5S/c1-27-15-21-34(22-16-27)47(44,45)41(32-17-19-33(46-2)20-18-32)26-36(42)40(25-29-11-8-12-30(38)23-29)35(24-28-9-4-3-5-10-28)37(43)39-31-13-6-7-14-31/h3-5,8-12,15-23,31,35H,6-7,13-14,24-26H2,1-2H3,(H,39,43)/t35-/m1/s1. The van der Waals surface area contributed by atoms with E-state index in [1.807, 2.05) is 43.3 Å². The lowest BCUT2D eigenvalue weighted by Crippen LogP contribution is -2.54. The molecule has 5 rings (SSSR count). The van der Waals surface area contributed by atoms with Crippen LogP contribution < -0.4 is 14.4 Å². The number of rotatable bonds is 13. The molecule has 4 aromatic rings. The minimum Gasteiger partial charge on any atom is -0.497 e. The van der Waals surface area contributed by atoms with Crippen LogP contribution in [0.3, 0.4) is 0 Å². The fourth-order valence-corrected chi connectivity index (χ4v) is 7.50. The molecule has 0 heterocycles. The summed E-state index contributed by atoms with van der Waals surface area (Å²) < 4.78 is 34.8. The average molecular weight is 674 g/mol. The van der Waals surface area contributed by atoms with Crippen LogP contribution in [0.5, 0.6) is 5.75 Å². The van der Waals surface area contributed by atoms with Crippen molar-refractivity contribution in [3.8, 4) is 5.75 Å². The number of halogens is 1. The Morgan fingerprint density at radius 3 is 2.19 bits per heavy atom. The Morgan fingerprint density at radius 2 is 1.55 bits per heavy atom. The monoisotopic (exact) mass is 673 g/mol. The predicted molar refractivity (Wildman–Crippen MR) is 185 cm³/mol. The van der Waals surface area contributed by atoms with Crippen LogP contribution in [0.25, 0.3) is 0 Å². The number of amides is 2. The van der Waals surface area contributed by atoms with Crippen molar-refractivity contribution >= 4 is 39.1 Å². The molecule has 0 unspecified atom stereocenters. The van der Waals surface area contributed by atoms with Gasteiger partial charge in [-0.1, -0.05) is 84.6 Å². The molecule has 4 aromatic carbocycles. The van der Waals surface area contributed by atoms with Gasteiger partial charge in [-0.05, 0) is 79.4 Å². The van der Waals surface area contributed by atoms with Gasteiger partial charge in [-0.2, -0.15) is 0 Å². The molecule has 246 valence electrons. The first-order valence-corrected chi connectivity index (χ1v) is 17.6. The number of nitrogens with one attached hydrogen (secondary N) is 1. The van der Waals surface area contributed by atoms with Crippen molar-refractivity contribution in [2.45, 2.75) is 62.6 Å². The Balaban J connectivity index is 1.56.